The van der Waals surface area contributed by atoms with E-state index in [0.717, 1.165) is 26.1 Å². The van der Waals surface area contributed by atoms with Gasteiger partial charge in [0.2, 0.25) is 0 Å². The predicted molar refractivity (Wildman–Crippen MR) is 111 cm³/mol. The second-order valence-electron chi connectivity index (χ2n) is 10.1. The summed E-state index contributed by atoms with van der Waals surface area (Å²) in [5, 5.41) is 0. The van der Waals surface area contributed by atoms with Crippen molar-refractivity contribution in [3.05, 3.63) is 35.8 Å². The molecule has 5 rings (SSSR count). The largest absolute Gasteiger partial charge is 0.461 e. The molecule has 2 saturated heterocycles. The van der Waals surface area contributed by atoms with E-state index in [-0.39, 0.29) is 35.2 Å². The molecule has 0 spiro atoms. The molecule has 3 heterocycles. The maximum atomic E-state index is 12.8. The molecule has 0 unspecified atom stereocenters. The zero-order chi connectivity index (χ0) is 20.9. The number of carbonyl (C=O) groups excluding carboxylic acids is 2. The lowest BCUT2D eigenvalue weighted by Gasteiger charge is -2.46. The Morgan fingerprint density at radius 2 is 2.13 bits per heavy atom. The standard InChI is InChI=1S/C24H32N2O4/c1-16-5-3-7-24(2)14-21-17(13-19(16)24)18(23(28)30-21)15-25-8-10-26(11-9-25)22(27)20-6-4-12-29-20/h4,6,12-13,16-18,21H,3,5,7-11,14-15H2,1-2H3/p+1/t16-,17+,18+,21+,24+/m1/s1. The minimum absolute atomic E-state index is 0.0154. The molecule has 2 aliphatic heterocycles. The fourth-order valence-electron chi connectivity index (χ4n) is 6.38. The van der Waals surface area contributed by atoms with Crippen LogP contribution in [-0.4, -0.2) is 55.6 Å². The van der Waals surface area contributed by atoms with Crippen LogP contribution in [-0.2, 0) is 9.53 Å². The number of fused-ring (bicyclic) bond motifs is 2. The normalized spacial score (nSPS) is 36.7. The summed E-state index contributed by atoms with van der Waals surface area (Å²) in [6, 6.07) is 3.46. The molecule has 30 heavy (non-hydrogen) atoms. The van der Waals surface area contributed by atoms with Gasteiger partial charge in [-0.25, -0.2) is 0 Å². The van der Waals surface area contributed by atoms with Crippen molar-refractivity contribution in [1.82, 2.24) is 4.90 Å². The Balaban J connectivity index is 1.25. The van der Waals surface area contributed by atoms with Crippen molar-refractivity contribution < 1.29 is 23.6 Å². The van der Waals surface area contributed by atoms with Crippen LogP contribution in [0, 0.1) is 23.2 Å². The predicted octanol–water partition coefficient (Wildman–Crippen LogP) is 1.93. The highest BCUT2D eigenvalue weighted by atomic mass is 16.6. The Hall–Kier alpha value is -2.08. The number of hydrogen-bond donors (Lipinski definition) is 1. The van der Waals surface area contributed by atoms with Crippen molar-refractivity contribution >= 4 is 11.9 Å². The van der Waals surface area contributed by atoms with E-state index in [4.69, 9.17) is 9.15 Å². The number of quaternary nitrogens is 1. The number of esters is 1. The second-order valence-corrected chi connectivity index (χ2v) is 10.1. The number of rotatable bonds is 3. The highest BCUT2D eigenvalue weighted by Gasteiger charge is 2.52. The number of hydrogen-bond acceptors (Lipinski definition) is 4. The van der Waals surface area contributed by atoms with Gasteiger partial charge in [-0.3, -0.25) is 9.59 Å². The smallest absolute Gasteiger partial charge is 0.315 e. The summed E-state index contributed by atoms with van der Waals surface area (Å²) in [7, 11) is 0. The first-order chi connectivity index (χ1) is 14.4. The molecule has 1 saturated carbocycles. The van der Waals surface area contributed by atoms with Gasteiger partial charge in [-0.1, -0.05) is 31.9 Å². The monoisotopic (exact) mass is 413 g/mol. The molecule has 1 N–H and O–H groups in total. The fourth-order valence-corrected chi connectivity index (χ4v) is 6.38. The maximum absolute atomic E-state index is 12.8. The summed E-state index contributed by atoms with van der Waals surface area (Å²) in [6.07, 6.45) is 8.74. The highest BCUT2D eigenvalue weighted by molar-refractivity contribution is 5.91. The lowest BCUT2D eigenvalue weighted by atomic mass is 9.59. The Kier molecular flexibility index (Phi) is 5.00. The summed E-state index contributed by atoms with van der Waals surface area (Å²) in [5.41, 5.74) is 1.78. The van der Waals surface area contributed by atoms with Crippen LogP contribution in [0.2, 0.25) is 0 Å². The summed E-state index contributed by atoms with van der Waals surface area (Å²) < 4.78 is 11.2. The Morgan fingerprint density at radius 1 is 1.33 bits per heavy atom. The summed E-state index contributed by atoms with van der Waals surface area (Å²) >= 11 is 0. The minimum atomic E-state index is -0.0523. The molecule has 1 aromatic rings. The van der Waals surface area contributed by atoms with Crippen LogP contribution >= 0.6 is 0 Å². The first-order valence-corrected chi connectivity index (χ1v) is 11.5. The lowest BCUT2D eigenvalue weighted by Crippen LogP contribution is -3.15. The van der Waals surface area contributed by atoms with Crippen LogP contribution in [0.5, 0.6) is 0 Å². The Morgan fingerprint density at radius 3 is 2.87 bits per heavy atom. The van der Waals surface area contributed by atoms with Gasteiger partial charge < -0.3 is 19.0 Å². The zero-order valence-electron chi connectivity index (χ0n) is 18.1. The van der Waals surface area contributed by atoms with Gasteiger partial charge in [0.15, 0.2) is 5.76 Å². The Labute approximate surface area is 178 Å². The number of allylic oxidation sites excluding steroid dienone is 1. The third-order valence-electron chi connectivity index (χ3n) is 8.08. The maximum Gasteiger partial charge on any atom is 0.315 e. The topological polar surface area (TPSA) is 64.2 Å². The molecule has 3 fully saturated rings. The van der Waals surface area contributed by atoms with Gasteiger partial charge >= 0.3 is 5.97 Å². The van der Waals surface area contributed by atoms with E-state index in [0.29, 0.717) is 24.8 Å². The molecule has 5 atom stereocenters. The van der Waals surface area contributed by atoms with Crippen LogP contribution in [0.1, 0.15) is 50.1 Å². The number of furan rings is 1. The van der Waals surface area contributed by atoms with Gasteiger partial charge in [-0.2, -0.15) is 0 Å². The van der Waals surface area contributed by atoms with Gasteiger partial charge in [-0.05, 0) is 42.7 Å². The van der Waals surface area contributed by atoms with Gasteiger partial charge in [0.25, 0.3) is 5.91 Å². The SMILES string of the molecule is C[C@@H]1CCC[C@@]2(C)C[C@@H]3OC(=O)[C@@H](C[NH+]4CCN(C(=O)c5ccco5)CC4)[C@@H]3C=C12. The second kappa shape index (κ2) is 7.56. The minimum Gasteiger partial charge on any atom is -0.461 e. The molecular weight excluding hydrogens is 380 g/mol. The molecule has 2 aliphatic carbocycles. The van der Waals surface area contributed by atoms with Crippen molar-refractivity contribution in [2.45, 2.75) is 45.6 Å². The van der Waals surface area contributed by atoms with E-state index < -0.39 is 0 Å². The highest BCUT2D eigenvalue weighted by Crippen LogP contribution is 2.53. The molecule has 6 heteroatoms. The fraction of sp³-hybridized carbons (Fsp3) is 0.667. The van der Waals surface area contributed by atoms with Gasteiger partial charge in [0.05, 0.1) is 39.0 Å². The van der Waals surface area contributed by atoms with E-state index in [1.54, 1.807) is 17.7 Å². The molecule has 6 nitrogen and oxygen atoms in total. The number of amides is 1. The number of ether oxygens (including phenoxy) is 1. The third kappa shape index (κ3) is 3.39. The number of carbonyl (C=O) groups is 2. The Bertz CT molecular complexity index is 839. The van der Waals surface area contributed by atoms with Crippen molar-refractivity contribution in [2.24, 2.45) is 23.2 Å². The van der Waals surface area contributed by atoms with E-state index in [1.807, 2.05) is 4.90 Å². The third-order valence-corrected chi connectivity index (χ3v) is 8.08. The quantitative estimate of drug-likeness (QED) is 0.608. The molecule has 0 bridgehead atoms. The summed E-state index contributed by atoms with van der Waals surface area (Å²) in [6.45, 7) is 8.62. The van der Waals surface area contributed by atoms with Crippen molar-refractivity contribution in [3.8, 4) is 0 Å². The van der Waals surface area contributed by atoms with Crippen molar-refractivity contribution in [3.63, 3.8) is 0 Å². The summed E-state index contributed by atoms with van der Waals surface area (Å²) in [5.74, 6) is 1.13. The van der Waals surface area contributed by atoms with Crippen molar-refractivity contribution in [1.29, 1.82) is 0 Å². The van der Waals surface area contributed by atoms with Gasteiger partial charge in [0.1, 0.15) is 12.0 Å². The average Bonchev–Trinajstić information content (AvgIpc) is 3.35. The zero-order valence-corrected chi connectivity index (χ0v) is 18.1. The number of nitrogens with zero attached hydrogens (tertiary/aromatic N) is 1. The molecule has 1 amide bonds. The van der Waals surface area contributed by atoms with Crippen LogP contribution < -0.4 is 4.90 Å². The first-order valence-electron chi connectivity index (χ1n) is 11.5. The summed E-state index contributed by atoms with van der Waals surface area (Å²) in [4.78, 5) is 28.5. The van der Waals surface area contributed by atoms with Crippen LogP contribution in [0.4, 0.5) is 0 Å². The van der Waals surface area contributed by atoms with Crippen LogP contribution in [0.25, 0.3) is 0 Å². The average molecular weight is 414 g/mol. The van der Waals surface area contributed by atoms with Crippen LogP contribution in [0.3, 0.4) is 0 Å². The molecule has 4 aliphatic rings. The van der Waals surface area contributed by atoms with Gasteiger partial charge in [-0.15, -0.1) is 0 Å². The number of piperazine rings is 1. The van der Waals surface area contributed by atoms with E-state index in [9.17, 15) is 9.59 Å². The van der Waals surface area contributed by atoms with E-state index in [2.05, 4.69) is 19.9 Å². The molecule has 0 radical (unpaired) electrons. The van der Waals surface area contributed by atoms with Crippen LogP contribution in [0.15, 0.2) is 34.5 Å². The number of nitrogens with one attached hydrogen (secondary N) is 1. The molecule has 162 valence electrons. The first kappa shape index (κ1) is 19.9. The molecule has 0 aromatic carbocycles. The van der Waals surface area contributed by atoms with E-state index in [1.165, 1.54) is 30.4 Å². The van der Waals surface area contributed by atoms with Gasteiger partial charge in [0, 0.05) is 5.92 Å². The molecule has 1 aromatic heterocycles. The van der Waals surface area contributed by atoms with E-state index >= 15 is 0 Å². The lowest BCUT2D eigenvalue weighted by molar-refractivity contribution is -0.906. The molecular formula is C24H33N2O4+. The van der Waals surface area contributed by atoms with Crippen molar-refractivity contribution in [2.75, 3.05) is 32.7 Å².